The molecule has 0 fully saturated rings. The number of hydrogen-bond donors (Lipinski definition) is 2. The van der Waals surface area contributed by atoms with Crippen LogP contribution in [0.3, 0.4) is 0 Å². The lowest BCUT2D eigenvalue weighted by Crippen LogP contribution is -2.23. The minimum Gasteiger partial charge on any atom is -0.403 e. The molecule has 8 heteroatoms. The lowest BCUT2D eigenvalue weighted by Gasteiger charge is -2.27. The Morgan fingerprint density at radius 2 is 1.72 bits per heavy atom. The Morgan fingerprint density at radius 1 is 1.00 bits per heavy atom. The van der Waals surface area contributed by atoms with Gasteiger partial charge in [0.15, 0.2) is 11.6 Å². The first-order valence-corrected chi connectivity index (χ1v) is 10.6. The maximum absolute atomic E-state index is 13.3. The Kier molecular flexibility index (Phi) is 3.74. The van der Waals surface area contributed by atoms with Gasteiger partial charge in [0.05, 0.1) is 16.7 Å². The van der Waals surface area contributed by atoms with E-state index in [-0.39, 0.29) is 34.1 Å². The molecule has 3 aromatic rings. The first-order chi connectivity index (χ1) is 13.8. The number of phosphoric ester groups is 1. The van der Waals surface area contributed by atoms with Crippen LogP contribution >= 0.6 is 7.82 Å². The summed E-state index contributed by atoms with van der Waals surface area (Å²) in [6.45, 7) is 2.55. The highest BCUT2D eigenvalue weighted by atomic mass is 31.2. The fraction of sp³-hybridized carbons (Fsp3) is 0.143. The average Bonchev–Trinajstić information content (AvgIpc) is 3.05. The summed E-state index contributed by atoms with van der Waals surface area (Å²) in [6, 6.07) is 12.2. The van der Waals surface area contributed by atoms with Gasteiger partial charge < -0.3 is 9.09 Å². The molecule has 0 spiro atoms. The van der Waals surface area contributed by atoms with Gasteiger partial charge in [-0.25, -0.2) is 4.57 Å². The van der Waals surface area contributed by atoms with Crippen molar-refractivity contribution in [3.63, 3.8) is 0 Å². The van der Waals surface area contributed by atoms with Gasteiger partial charge in [-0.05, 0) is 17.2 Å². The third-order valence-corrected chi connectivity index (χ3v) is 6.01. The van der Waals surface area contributed by atoms with Crippen LogP contribution in [0.5, 0.6) is 5.75 Å². The van der Waals surface area contributed by atoms with Gasteiger partial charge in [0.25, 0.3) is 0 Å². The van der Waals surface area contributed by atoms with Gasteiger partial charge in [0.1, 0.15) is 5.75 Å². The first kappa shape index (κ1) is 18.1. The maximum Gasteiger partial charge on any atom is 0.524 e. The van der Waals surface area contributed by atoms with E-state index in [1.807, 2.05) is 35.8 Å². The van der Waals surface area contributed by atoms with E-state index in [0.717, 1.165) is 16.8 Å². The van der Waals surface area contributed by atoms with E-state index in [0.29, 0.717) is 12.1 Å². The van der Waals surface area contributed by atoms with Crippen molar-refractivity contribution in [2.45, 2.75) is 19.4 Å². The van der Waals surface area contributed by atoms with Crippen LogP contribution in [-0.2, 0) is 11.1 Å². The van der Waals surface area contributed by atoms with Crippen LogP contribution in [0.1, 0.15) is 61.5 Å². The van der Waals surface area contributed by atoms with E-state index in [4.69, 9.17) is 4.52 Å². The Bertz CT molecular complexity index is 1270. The second-order valence-corrected chi connectivity index (χ2v) is 8.43. The van der Waals surface area contributed by atoms with Crippen LogP contribution in [0.15, 0.2) is 48.7 Å². The van der Waals surface area contributed by atoms with Crippen LogP contribution < -0.4 is 4.52 Å². The first-order valence-electron chi connectivity index (χ1n) is 9.04. The molecule has 1 atom stereocenters. The predicted octanol–water partition coefficient (Wildman–Crippen LogP) is 3.25. The Morgan fingerprint density at radius 3 is 2.48 bits per heavy atom. The van der Waals surface area contributed by atoms with Crippen LogP contribution in [0, 0.1) is 0 Å². The van der Waals surface area contributed by atoms with Crippen molar-refractivity contribution in [3.8, 4) is 5.75 Å². The summed E-state index contributed by atoms with van der Waals surface area (Å²) in [6.07, 6.45) is 1.66. The van der Waals surface area contributed by atoms with Crippen molar-refractivity contribution < 1.29 is 28.5 Å². The quantitative estimate of drug-likeness (QED) is 0.493. The molecule has 2 aliphatic rings. The van der Waals surface area contributed by atoms with Crippen LogP contribution in [0.25, 0.3) is 0 Å². The van der Waals surface area contributed by atoms with Gasteiger partial charge in [-0.2, -0.15) is 0 Å². The molecule has 1 aliphatic heterocycles. The summed E-state index contributed by atoms with van der Waals surface area (Å²) in [5.41, 5.74) is 3.60. The zero-order chi connectivity index (χ0) is 20.5. The molecule has 7 nitrogen and oxygen atoms in total. The number of fused-ring (bicyclic) bond motifs is 5. The normalized spacial score (nSPS) is 17.3. The Balaban J connectivity index is 1.71. The number of phosphoric acid groups is 1. The predicted molar refractivity (Wildman–Crippen MR) is 103 cm³/mol. The number of benzene rings is 2. The number of carbonyl (C=O) groups excluding carboxylic acids is 2. The lowest BCUT2D eigenvalue weighted by atomic mass is 9.81. The van der Waals surface area contributed by atoms with Crippen LogP contribution in [0.4, 0.5) is 0 Å². The molecule has 1 aromatic heterocycles. The molecular weight excluding hydrogens is 393 g/mol. The Hall–Kier alpha value is -2.99. The van der Waals surface area contributed by atoms with E-state index in [9.17, 15) is 23.9 Å². The molecule has 29 heavy (non-hydrogen) atoms. The standard InChI is InChI=1S/C21H16NO6P/c1-11-13-6-3-2-5-12(13)9-22-10-15-18(19(11)22)20(23)14-7-4-8-16(17(14)21(15)24)28-29(25,26)27/h2-8,10-11H,9H2,1H3,(H2,25,26,27). The van der Waals surface area contributed by atoms with E-state index in [1.54, 1.807) is 6.20 Å². The molecule has 1 unspecified atom stereocenters. The van der Waals surface area contributed by atoms with Gasteiger partial charge in [-0.1, -0.05) is 43.3 Å². The van der Waals surface area contributed by atoms with Gasteiger partial charge in [0, 0.05) is 29.9 Å². The van der Waals surface area contributed by atoms with Crippen molar-refractivity contribution in [2.75, 3.05) is 0 Å². The Labute approximate surface area is 165 Å². The minimum absolute atomic E-state index is 0.0727. The molecule has 0 radical (unpaired) electrons. The smallest absolute Gasteiger partial charge is 0.403 e. The van der Waals surface area contributed by atoms with Crippen molar-refractivity contribution >= 4 is 19.4 Å². The second kappa shape index (κ2) is 6.00. The largest absolute Gasteiger partial charge is 0.524 e. The second-order valence-electron chi connectivity index (χ2n) is 7.27. The molecule has 0 bridgehead atoms. The molecule has 0 saturated heterocycles. The van der Waals surface area contributed by atoms with Gasteiger partial charge in [-0.3, -0.25) is 19.4 Å². The zero-order valence-corrected chi connectivity index (χ0v) is 16.2. The van der Waals surface area contributed by atoms with E-state index < -0.39 is 13.6 Å². The highest BCUT2D eigenvalue weighted by Crippen LogP contribution is 2.45. The summed E-state index contributed by atoms with van der Waals surface area (Å²) < 4.78 is 17.9. The number of ketones is 2. The third-order valence-electron chi connectivity index (χ3n) is 5.58. The molecule has 0 saturated carbocycles. The molecule has 2 N–H and O–H groups in total. The summed E-state index contributed by atoms with van der Waals surface area (Å²) >= 11 is 0. The van der Waals surface area contributed by atoms with Gasteiger partial charge in [0.2, 0.25) is 0 Å². The molecule has 0 amide bonds. The molecule has 2 aromatic carbocycles. The van der Waals surface area contributed by atoms with Crippen molar-refractivity contribution in [1.82, 2.24) is 4.57 Å². The zero-order valence-electron chi connectivity index (χ0n) is 15.3. The molecular formula is C21H16NO6P. The highest BCUT2D eigenvalue weighted by Gasteiger charge is 2.40. The monoisotopic (exact) mass is 409 g/mol. The fourth-order valence-corrected chi connectivity index (χ4v) is 4.85. The van der Waals surface area contributed by atoms with Crippen molar-refractivity contribution in [3.05, 3.63) is 87.7 Å². The number of carbonyl (C=O) groups is 2. The van der Waals surface area contributed by atoms with Gasteiger partial charge >= 0.3 is 7.82 Å². The van der Waals surface area contributed by atoms with Crippen molar-refractivity contribution in [2.24, 2.45) is 0 Å². The molecule has 146 valence electrons. The van der Waals surface area contributed by atoms with E-state index in [1.165, 1.54) is 18.2 Å². The lowest BCUT2D eigenvalue weighted by molar-refractivity contribution is 0.0977. The SMILES string of the molecule is CC1c2ccccc2Cn2cc3c(c21)C(=O)c1cccc(OP(=O)(O)O)c1C3=O. The average molecular weight is 409 g/mol. The number of hydrogen-bond acceptors (Lipinski definition) is 4. The molecule has 5 rings (SSSR count). The number of nitrogens with zero attached hydrogens (tertiary/aromatic N) is 1. The number of rotatable bonds is 2. The number of aromatic nitrogens is 1. The van der Waals surface area contributed by atoms with E-state index in [2.05, 4.69) is 0 Å². The summed E-state index contributed by atoms with van der Waals surface area (Å²) in [7, 11) is -4.89. The summed E-state index contributed by atoms with van der Waals surface area (Å²) in [4.78, 5) is 45.0. The molecule has 1 aliphatic carbocycles. The maximum atomic E-state index is 13.3. The van der Waals surface area contributed by atoms with E-state index >= 15 is 0 Å². The summed E-state index contributed by atoms with van der Waals surface area (Å²) in [5.74, 6) is -1.18. The minimum atomic E-state index is -4.89. The van der Waals surface area contributed by atoms with Gasteiger partial charge in [-0.15, -0.1) is 0 Å². The van der Waals surface area contributed by atoms with Crippen molar-refractivity contribution in [1.29, 1.82) is 0 Å². The molecule has 2 heterocycles. The highest BCUT2D eigenvalue weighted by molar-refractivity contribution is 7.46. The van der Waals surface area contributed by atoms with Crippen LogP contribution in [0.2, 0.25) is 0 Å². The summed E-state index contributed by atoms with van der Waals surface area (Å²) in [5, 5.41) is 0. The third kappa shape index (κ3) is 2.63. The van der Waals surface area contributed by atoms with Crippen LogP contribution in [-0.4, -0.2) is 25.9 Å². The topological polar surface area (TPSA) is 106 Å². The fourth-order valence-electron chi connectivity index (χ4n) is 4.44.